The molecule has 15 heavy (non-hydrogen) atoms. The lowest BCUT2D eigenvalue weighted by atomic mass is 10.1. The summed E-state index contributed by atoms with van der Waals surface area (Å²) in [6.45, 7) is 3.61. The van der Waals surface area contributed by atoms with Gasteiger partial charge >= 0.3 is 0 Å². The summed E-state index contributed by atoms with van der Waals surface area (Å²) in [4.78, 5) is 0. The predicted molar refractivity (Wildman–Crippen MR) is 62.1 cm³/mol. The van der Waals surface area contributed by atoms with Crippen molar-refractivity contribution in [2.24, 2.45) is 0 Å². The molecule has 0 aromatic heterocycles. The Kier molecular flexibility index (Phi) is 12.6. The molecule has 0 saturated heterocycles. The van der Waals surface area contributed by atoms with Gasteiger partial charge < -0.3 is 22.0 Å². The van der Waals surface area contributed by atoms with Gasteiger partial charge in [-0.15, -0.1) is 0 Å². The smallest absolute Gasteiger partial charge is 0.179 e. The summed E-state index contributed by atoms with van der Waals surface area (Å²) in [5.41, 5.74) is 0. The minimum atomic E-state index is 0. The van der Waals surface area contributed by atoms with Crippen LogP contribution in [-0.4, -0.2) is 37.0 Å². The van der Waals surface area contributed by atoms with Crippen molar-refractivity contribution >= 4 is 0 Å². The maximum absolute atomic E-state index is 9.04. The van der Waals surface area contributed by atoms with Gasteiger partial charge in [-0.05, 0) is 12.8 Å². The fraction of sp³-hybridized carbons (Fsp3) is 1.00. The number of aliphatic hydroxyl groups excluding tert-OH is 1. The van der Waals surface area contributed by atoms with E-state index in [4.69, 9.17) is 5.11 Å². The number of hydrogen-bond donors (Lipinski definition) is 1. The molecule has 0 aliphatic heterocycles. The molecule has 0 amide bonds. The predicted octanol–water partition coefficient (Wildman–Crippen LogP) is -0.233. The van der Waals surface area contributed by atoms with E-state index in [1.807, 2.05) is 0 Å². The van der Waals surface area contributed by atoms with Crippen LogP contribution in [0.15, 0.2) is 0 Å². The van der Waals surface area contributed by atoms with Crippen LogP contribution in [0.3, 0.4) is 0 Å². The normalized spacial score (nSPS) is 11.2. The van der Waals surface area contributed by atoms with Gasteiger partial charge in [-0.25, -0.2) is 0 Å². The van der Waals surface area contributed by atoms with Gasteiger partial charge in [0.2, 0.25) is 0 Å². The second-order valence-corrected chi connectivity index (χ2v) is 4.92. The first kappa shape index (κ1) is 17.6. The van der Waals surface area contributed by atoms with Crippen LogP contribution in [-0.2, 0) is 0 Å². The van der Waals surface area contributed by atoms with Gasteiger partial charge in [-0.1, -0.05) is 39.0 Å². The Hall–Kier alpha value is 0.210. The van der Waals surface area contributed by atoms with Crippen LogP contribution in [0.25, 0.3) is 0 Å². The van der Waals surface area contributed by atoms with E-state index < -0.39 is 0 Å². The minimum absolute atomic E-state index is 0. The first-order chi connectivity index (χ1) is 6.62. The molecular weight excluding hydrogens is 210 g/mol. The molecule has 0 spiro atoms. The first-order valence-corrected chi connectivity index (χ1v) is 6.05. The molecular formula is C12H28ClNO. The van der Waals surface area contributed by atoms with Crippen LogP contribution >= 0.6 is 0 Å². The zero-order valence-corrected chi connectivity index (χ0v) is 11.4. The molecule has 2 nitrogen and oxygen atoms in total. The monoisotopic (exact) mass is 237 g/mol. The summed E-state index contributed by atoms with van der Waals surface area (Å²) < 4.78 is 0.745. The van der Waals surface area contributed by atoms with Crippen molar-refractivity contribution in [1.29, 1.82) is 0 Å². The zero-order chi connectivity index (χ0) is 10.9. The Labute approximate surface area is 102 Å². The highest BCUT2D eigenvalue weighted by molar-refractivity contribution is 4.44. The van der Waals surface area contributed by atoms with Crippen molar-refractivity contribution in [3.8, 4) is 0 Å². The van der Waals surface area contributed by atoms with E-state index in [1.165, 1.54) is 44.9 Å². The van der Waals surface area contributed by atoms with Crippen molar-refractivity contribution in [2.45, 2.75) is 51.9 Å². The lowest BCUT2D eigenvalue weighted by Gasteiger charge is -2.26. The summed E-state index contributed by atoms with van der Waals surface area (Å²) >= 11 is 0. The molecule has 0 atom stereocenters. The summed E-state index contributed by atoms with van der Waals surface area (Å²) in [7, 11) is 4.16. The number of aliphatic hydroxyl groups is 1. The van der Waals surface area contributed by atoms with Crippen molar-refractivity contribution in [3.05, 3.63) is 0 Å². The number of unbranched alkanes of at least 4 members (excludes halogenated alkanes) is 6. The number of nitrogens with zero attached hydrogens (tertiary/aromatic N) is 1. The highest BCUT2D eigenvalue weighted by Crippen LogP contribution is 2.08. The number of halogens is 1. The molecule has 0 aliphatic rings. The highest BCUT2D eigenvalue weighted by atomic mass is 35.5. The first-order valence-electron chi connectivity index (χ1n) is 6.05. The van der Waals surface area contributed by atoms with Gasteiger partial charge in [0.05, 0.1) is 20.6 Å². The minimum Gasteiger partial charge on any atom is -1.00 e. The molecule has 94 valence electrons. The molecule has 0 unspecified atom stereocenters. The molecule has 0 aromatic rings. The molecule has 3 heteroatoms. The standard InChI is InChI=1S/C12H28NO.ClH/c1-4-5-6-7-8-9-10-11-13(2,3)12-14;/h14H,4-12H2,1-3H3;1H/q+1;/p-1. The molecule has 0 radical (unpaired) electrons. The van der Waals surface area contributed by atoms with Crippen LogP contribution in [0.4, 0.5) is 0 Å². The quantitative estimate of drug-likeness (QED) is 0.334. The second-order valence-electron chi connectivity index (χ2n) is 4.92. The van der Waals surface area contributed by atoms with Gasteiger partial charge in [0.15, 0.2) is 6.73 Å². The van der Waals surface area contributed by atoms with E-state index in [2.05, 4.69) is 21.0 Å². The zero-order valence-electron chi connectivity index (χ0n) is 10.6. The maximum atomic E-state index is 9.04. The summed E-state index contributed by atoms with van der Waals surface area (Å²) in [5, 5.41) is 9.04. The van der Waals surface area contributed by atoms with Crippen LogP contribution in [0.2, 0.25) is 0 Å². The molecule has 0 rings (SSSR count). The third kappa shape index (κ3) is 12.1. The van der Waals surface area contributed by atoms with Crippen molar-refractivity contribution in [2.75, 3.05) is 27.4 Å². The number of hydrogen-bond acceptors (Lipinski definition) is 1. The van der Waals surface area contributed by atoms with Crippen molar-refractivity contribution < 1.29 is 22.0 Å². The fourth-order valence-electron chi connectivity index (χ4n) is 1.57. The van der Waals surface area contributed by atoms with E-state index in [0.29, 0.717) is 0 Å². The topological polar surface area (TPSA) is 20.2 Å². The lowest BCUT2D eigenvalue weighted by molar-refractivity contribution is -0.909. The van der Waals surface area contributed by atoms with E-state index in [9.17, 15) is 0 Å². The third-order valence-electron chi connectivity index (χ3n) is 2.75. The highest BCUT2D eigenvalue weighted by Gasteiger charge is 2.11. The second kappa shape index (κ2) is 10.7. The molecule has 1 N–H and O–H groups in total. The molecule has 0 aliphatic carbocycles. The van der Waals surface area contributed by atoms with Crippen molar-refractivity contribution in [3.63, 3.8) is 0 Å². The van der Waals surface area contributed by atoms with Gasteiger partial charge in [0.25, 0.3) is 0 Å². The van der Waals surface area contributed by atoms with Gasteiger partial charge in [0, 0.05) is 0 Å². The van der Waals surface area contributed by atoms with Crippen LogP contribution in [0.1, 0.15) is 51.9 Å². The van der Waals surface area contributed by atoms with E-state index in [0.717, 1.165) is 11.0 Å². The number of rotatable bonds is 9. The van der Waals surface area contributed by atoms with E-state index in [-0.39, 0.29) is 19.1 Å². The van der Waals surface area contributed by atoms with Crippen LogP contribution < -0.4 is 12.4 Å². The Balaban J connectivity index is 0. The molecule has 0 fully saturated rings. The number of quaternary nitrogens is 1. The fourth-order valence-corrected chi connectivity index (χ4v) is 1.57. The van der Waals surface area contributed by atoms with E-state index >= 15 is 0 Å². The van der Waals surface area contributed by atoms with Crippen LogP contribution in [0, 0.1) is 0 Å². The molecule has 0 heterocycles. The summed E-state index contributed by atoms with van der Waals surface area (Å²) in [5.74, 6) is 0. The van der Waals surface area contributed by atoms with Gasteiger partial charge in [-0.2, -0.15) is 0 Å². The third-order valence-corrected chi connectivity index (χ3v) is 2.75. The average Bonchev–Trinajstić information content (AvgIpc) is 2.16. The largest absolute Gasteiger partial charge is 1.00 e. The van der Waals surface area contributed by atoms with Crippen molar-refractivity contribution in [1.82, 2.24) is 0 Å². The summed E-state index contributed by atoms with van der Waals surface area (Å²) in [6.07, 6.45) is 9.44. The lowest BCUT2D eigenvalue weighted by Crippen LogP contribution is -3.00. The van der Waals surface area contributed by atoms with E-state index in [1.54, 1.807) is 0 Å². The molecule has 0 bridgehead atoms. The average molecular weight is 238 g/mol. The Bertz CT molecular complexity index is 129. The summed E-state index contributed by atoms with van der Waals surface area (Å²) in [6, 6.07) is 0. The van der Waals surface area contributed by atoms with Gasteiger partial charge in [-0.3, -0.25) is 0 Å². The Morgan fingerprint density at radius 3 is 1.80 bits per heavy atom. The molecule has 0 saturated carbocycles. The SMILES string of the molecule is CCCCCCCCC[N+](C)(C)CO.[Cl-]. The van der Waals surface area contributed by atoms with Gasteiger partial charge in [0.1, 0.15) is 0 Å². The maximum Gasteiger partial charge on any atom is 0.179 e. The van der Waals surface area contributed by atoms with Crippen LogP contribution in [0.5, 0.6) is 0 Å². The Morgan fingerprint density at radius 1 is 0.867 bits per heavy atom. The Morgan fingerprint density at radius 2 is 1.33 bits per heavy atom. The molecule has 0 aromatic carbocycles.